The highest BCUT2D eigenvalue weighted by Gasteiger charge is 2.32. The monoisotopic (exact) mass is 303 g/mol. The summed E-state index contributed by atoms with van der Waals surface area (Å²) in [6, 6.07) is 1.64. The minimum Gasteiger partial charge on any atom is -0.384 e. The molecule has 0 saturated carbocycles. The van der Waals surface area contributed by atoms with E-state index in [0.29, 0.717) is 18.8 Å². The molecule has 0 aliphatic carbocycles. The molecule has 0 bridgehead atoms. The summed E-state index contributed by atoms with van der Waals surface area (Å²) in [5, 5.41) is 9.97. The number of aryl methyl sites for hydroxylation is 1. The van der Waals surface area contributed by atoms with Crippen molar-refractivity contribution in [3.63, 3.8) is 0 Å². The third-order valence-electron chi connectivity index (χ3n) is 3.59. The smallest absolute Gasteiger partial charge is 0.289 e. The molecule has 2 heterocycles. The van der Waals surface area contributed by atoms with Crippen molar-refractivity contribution in [2.45, 2.75) is 19.8 Å². The Hall–Kier alpha value is -1.11. The summed E-state index contributed by atoms with van der Waals surface area (Å²) in [4.78, 5) is 11.9. The van der Waals surface area contributed by atoms with E-state index in [1.807, 2.05) is 0 Å². The summed E-state index contributed by atoms with van der Waals surface area (Å²) in [6.45, 7) is 4.96. The maximum atomic E-state index is 11.9. The van der Waals surface area contributed by atoms with E-state index in [2.05, 4.69) is 15.8 Å². The number of hydrogen-bond acceptors (Lipinski definition) is 5. The van der Waals surface area contributed by atoms with Crippen LogP contribution in [0.3, 0.4) is 0 Å². The van der Waals surface area contributed by atoms with Gasteiger partial charge in [0.2, 0.25) is 5.76 Å². The van der Waals surface area contributed by atoms with Gasteiger partial charge in [0.1, 0.15) is 0 Å². The number of carbonyl (C=O) groups is 1. The van der Waals surface area contributed by atoms with Gasteiger partial charge in [-0.25, -0.2) is 0 Å². The van der Waals surface area contributed by atoms with Crippen LogP contribution in [0.1, 0.15) is 29.1 Å². The molecule has 2 N–H and O–H groups in total. The number of aromatic nitrogens is 1. The van der Waals surface area contributed by atoms with Gasteiger partial charge in [-0.1, -0.05) is 5.16 Å². The molecule has 1 amide bonds. The van der Waals surface area contributed by atoms with Crippen LogP contribution in [-0.4, -0.2) is 44.4 Å². The quantitative estimate of drug-likeness (QED) is 0.853. The summed E-state index contributed by atoms with van der Waals surface area (Å²) >= 11 is 0. The van der Waals surface area contributed by atoms with Gasteiger partial charge >= 0.3 is 0 Å². The lowest BCUT2D eigenvalue weighted by molar-refractivity contribution is 0.0504. The van der Waals surface area contributed by atoms with Gasteiger partial charge < -0.3 is 19.9 Å². The first-order valence-corrected chi connectivity index (χ1v) is 6.56. The number of methoxy groups -OCH3 is 1. The molecule has 20 heavy (non-hydrogen) atoms. The lowest BCUT2D eigenvalue weighted by Crippen LogP contribution is -2.47. The van der Waals surface area contributed by atoms with Crippen molar-refractivity contribution < 1.29 is 14.1 Å². The van der Waals surface area contributed by atoms with Gasteiger partial charge in [0, 0.05) is 25.1 Å². The number of nitrogens with one attached hydrogen (secondary N) is 2. The maximum Gasteiger partial charge on any atom is 0.289 e. The summed E-state index contributed by atoms with van der Waals surface area (Å²) in [7, 11) is 1.70. The highest BCUT2D eigenvalue weighted by atomic mass is 35.5. The topological polar surface area (TPSA) is 76.4 Å². The molecular formula is C13H22ClN3O3. The Morgan fingerprint density at radius 3 is 2.80 bits per heavy atom. The van der Waals surface area contributed by atoms with Gasteiger partial charge in [0.15, 0.2) is 0 Å². The van der Waals surface area contributed by atoms with Crippen molar-refractivity contribution in [3.8, 4) is 0 Å². The molecule has 1 fully saturated rings. The van der Waals surface area contributed by atoms with Crippen LogP contribution < -0.4 is 10.6 Å². The predicted octanol–water partition coefficient (Wildman–Crippen LogP) is 1.15. The summed E-state index contributed by atoms with van der Waals surface area (Å²) in [5.41, 5.74) is 0.726. The van der Waals surface area contributed by atoms with Gasteiger partial charge in [0.25, 0.3) is 5.91 Å². The van der Waals surface area contributed by atoms with Crippen LogP contribution in [0.25, 0.3) is 0 Å². The van der Waals surface area contributed by atoms with Gasteiger partial charge in [-0.2, -0.15) is 0 Å². The minimum absolute atomic E-state index is 0. The number of ether oxygens (including phenoxy) is 1. The first kappa shape index (κ1) is 16.9. The highest BCUT2D eigenvalue weighted by molar-refractivity contribution is 5.91. The average molecular weight is 304 g/mol. The predicted molar refractivity (Wildman–Crippen MR) is 77.2 cm³/mol. The minimum atomic E-state index is -0.213. The number of nitrogens with zero attached hydrogens (tertiary/aromatic N) is 1. The van der Waals surface area contributed by atoms with Crippen LogP contribution in [0.5, 0.6) is 0 Å². The van der Waals surface area contributed by atoms with Crippen molar-refractivity contribution in [3.05, 3.63) is 17.5 Å². The second kappa shape index (κ2) is 7.61. The molecule has 1 aliphatic rings. The van der Waals surface area contributed by atoms with E-state index in [4.69, 9.17) is 9.26 Å². The van der Waals surface area contributed by atoms with E-state index in [1.165, 1.54) is 0 Å². The Bertz CT molecular complexity index is 425. The van der Waals surface area contributed by atoms with E-state index in [-0.39, 0.29) is 29.5 Å². The van der Waals surface area contributed by atoms with E-state index in [1.54, 1.807) is 20.1 Å². The van der Waals surface area contributed by atoms with Crippen molar-refractivity contribution in [2.75, 3.05) is 33.4 Å². The largest absolute Gasteiger partial charge is 0.384 e. The zero-order valence-corrected chi connectivity index (χ0v) is 12.7. The van der Waals surface area contributed by atoms with Crippen LogP contribution in [0.2, 0.25) is 0 Å². The van der Waals surface area contributed by atoms with Crippen LogP contribution in [0.4, 0.5) is 0 Å². The van der Waals surface area contributed by atoms with Crippen molar-refractivity contribution in [2.24, 2.45) is 5.41 Å². The number of halogens is 1. The Kier molecular flexibility index (Phi) is 6.45. The third-order valence-corrected chi connectivity index (χ3v) is 3.59. The number of rotatable bonds is 5. The fourth-order valence-electron chi connectivity index (χ4n) is 2.46. The molecule has 7 heteroatoms. The number of hydrogen-bond donors (Lipinski definition) is 2. The van der Waals surface area contributed by atoms with Gasteiger partial charge in [-0.05, 0) is 32.9 Å². The normalized spacial score (nSPS) is 17.3. The van der Waals surface area contributed by atoms with Crippen LogP contribution in [-0.2, 0) is 4.74 Å². The van der Waals surface area contributed by atoms with Crippen LogP contribution in [0, 0.1) is 12.3 Å². The van der Waals surface area contributed by atoms with Crippen LogP contribution >= 0.6 is 12.4 Å². The fraction of sp³-hybridized carbons (Fsp3) is 0.692. The molecule has 0 unspecified atom stereocenters. The Labute approximate surface area is 125 Å². The lowest BCUT2D eigenvalue weighted by atomic mass is 9.79. The number of carbonyl (C=O) groups excluding carboxylic acids is 1. The molecule has 114 valence electrons. The average Bonchev–Trinajstić information content (AvgIpc) is 2.84. The summed E-state index contributed by atoms with van der Waals surface area (Å²) in [6.07, 6.45) is 1.99. The van der Waals surface area contributed by atoms with Gasteiger partial charge in [-0.3, -0.25) is 4.79 Å². The van der Waals surface area contributed by atoms with E-state index in [0.717, 1.165) is 25.9 Å². The lowest BCUT2D eigenvalue weighted by Gasteiger charge is -2.37. The maximum absolute atomic E-state index is 11.9. The first-order valence-electron chi connectivity index (χ1n) is 6.56. The standard InChI is InChI=1S/C13H21N3O3.ClH/c1-10-7-11(19-16-10)12(17)15-8-13(9-18-2)3-5-14-6-4-13;/h7,14H,3-6,8-9H2,1-2H3,(H,15,17);1H. The highest BCUT2D eigenvalue weighted by Crippen LogP contribution is 2.28. The zero-order valence-electron chi connectivity index (χ0n) is 11.9. The van der Waals surface area contributed by atoms with E-state index >= 15 is 0 Å². The molecule has 0 atom stereocenters. The molecular weight excluding hydrogens is 282 g/mol. The van der Waals surface area contributed by atoms with Gasteiger partial charge in [0.05, 0.1) is 12.3 Å². The molecule has 0 spiro atoms. The molecule has 2 rings (SSSR count). The fourth-order valence-corrected chi connectivity index (χ4v) is 2.46. The second-order valence-electron chi connectivity index (χ2n) is 5.20. The number of piperidine rings is 1. The summed E-state index contributed by atoms with van der Waals surface area (Å²) in [5.74, 6) is 0.0496. The van der Waals surface area contributed by atoms with Crippen LogP contribution in [0.15, 0.2) is 10.6 Å². The Morgan fingerprint density at radius 1 is 1.55 bits per heavy atom. The molecule has 1 saturated heterocycles. The molecule has 1 aromatic rings. The molecule has 6 nitrogen and oxygen atoms in total. The van der Waals surface area contributed by atoms with E-state index in [9.17, 15) is 4.79 Å². The SMILES string of the molecule is COCC1(CNC(=O)c2cc(C)no2)CCNCC1.Cl. The molecule has 1 aliphatic heterocycles. The second-order valence-corrected chi connectivity index (χ2v) is 5.20. The zero-order chi connectivity index (χ0) is 13.7. The number of amides is 1. The van der Waals surface area contributed by atoms with Gasteiger partial charge in [-0.15, -0.1) is 12.4 Å². The third kappa shape index (κ3) is 4.19. The molecule has 0 aromatic carbocycles. The Morgan fingerprint density at radius 2 is 2.25 bits per heavy atom. The van der Waals surface area contributed by atoms with E-state index < -0.39 is 0 Å². The summed E-state index contributed by atoms with van der Waals surface area (Å²) < 4.78 is 10.3. The van der Waals surface area contributed by atoms with Crippen molar-refractivity contribution >= 4 is 18.3 Å². The molecule has 0 radical (unpaired) electrons. The van der Waals surface area contributed by atoms with Crippen molar-refractivity contribution in [1.29, 1.82) is 0 Å². The van der Waals surface area contributed by atoms with Crippen molar-refractivity contribution in [1.82, 2.24) is 15.8 Å². The Balaban J connectivity index is 0.00000200. The molecule has 1 aromatic heterocycles. The first-order chi connectivity index (χ1) is 9.15.